The number of aryl methyl sites for hydroxylation is 1. The molecule has 5 heteroatoms. The summed E-state index contributed by atoms with van der Waals surface area (Å²) in [5, 5.41) is 3.30. The lowest BCUT2D eigenvalue weighted by Crippen LogP contribution is -2.14. The minimum atomic E-state index is 0.783. The first-order valence-corrected chi connectivity index (χ1v) is 6.27. The van der Waals surface area contributed by atoms with E-state index < -0.39 is 0 Å². The van der Waals surface area contributed by atoms with Gasteiger partial charge in [-0.3, -0.25) is 0 Å². The highest BCUT2D eigenvalue weighted by atomic mass is 79.9. The summed E-state index contributed by atoms with van der Waals surface area (Å²) in [5.41, 5.74) is 0. The molecule has 1 heterocycles. The van der Waals surface area contributed by atoms with Gasteiger partial charge in [-0.1, -0.05) is 0 Å². The van der Waals surface area contributed by atoms with Crippen LogP contribution in [0, 0.1) is 6.92 Å². The van der Waals surface area contributed by atoms with Gasteiger partial charge < -0.3 is 10.2 Å². The molecule has 0 amide bonds. The molecule has 0 radical (unpaired) electrons. The Kier molecular flexibility index (Phi) is 5.69. The van der Waals surface area contributed by atoms with Crippen molar-refractivity contribution in [1.29, 1.82) is 0 Å². The normalized spacial score (nSPS) is 10.8. The Morgan fingerprint density at radius 1 is 1.31 bits per heavy atom. The number of nitrogens with zero attached hydrogens (tertiary/aromatic N) is 3. The van der Waals surface area contributed by atoms with Gasteiger partial charge in [0.25, 0.3) is 0 Å². The average Bonchev–Trinajstić information content (AvgIpc) is 2.15. The van der Waals surface area contributed by atoms with Crippen LogP contribution >= 0.6 is 15.9 Å². The third kappa shape index (κ3) is 5.42. The largest absolute Gasteiger partial charge is 0.370 e. The topological polar surface area (TPSA) is 41.1 Å². The Balaban J connectivity index is 2.26. The van der Waals surface area contributed by atoms with Crippen molar-refractivity contribution in [3.63, 3.8) is 0 Å². The number of halogens is 1. The lowest BCUT2D eigenvalue weighted by Gasteiger charge is -2.10. The van der Waals surface area contributed by atoms with Crippen molar-refractivity contribution >= 4 is 21.7 Å². The molecule has 0 fully saturated rings. The van der Waals surface area contributed by atoms with E-state index in [1.54, 1.807) is 0 Å². The summed E-state index contributed by atoms with van der Waals surface area (Å²) >= 11 is 3.36. The number of aromatic nitrogens is 2. The van der Waals surface area contributed by atoms with E-state index in [-0.39, 0.29) is 0 Å². The van der Waals surface area contributed by atoms with Crippen LogP contribution in [0.15, 0.2) is 10.7 Å². The second kappa shape index (κ2) is 6.81. The SMILES string of the molecule is Cc1nc(Br)cc(NCCCCN(C)C)n1. The van der Waals surface area contributed by atoms with Gasteiger partial charge in [-0.2, -0.15) is 0 Å². The Bertz CT molecular complexity index is 308. The number of anilines is 1. The first kappa shape index (κ1) is 13.4. The van der Waals surface area contributed by atoms with Gasteiger partial charge in [0.15, 0.2) is 0 Å². The van der Waals surface area contributed by atoms with E-state index in [1.165, 1.54) is 6.42 Å². The van der Waals surface area contributed by atoms with Crippen molar-refractivity contribution in [2.75, 3.05) is 32.5 Å². The summed E-state index contributed by atoms with van der Waals surface area (Å²) in [6.45, 7) is 3.98. The maximum absolute atomic E-state index is 4.30. The molecule has 0 bridgehead atoms. The van der Waals surface area contributed by atoms with Crippen molar-refractivity contribution in [2.45, 2.75) is 19.8 Å². The van der Waals surface area contributed by atoms with Gasteiger partial charge >= 0.3 is 0 Å². The molecule has 0 saturated heterocycles. The van der Waals surface area contributed by atoms with Crippen LogP contribution in [0.5, 0.6) is 0 Å². The monoisotopic (exact) mass is 286 g/mol. The molecule has 0 unspecified atom stereocenters. The van der Waals surface area contributed by atoms with Crippen LogP contribution in [-0.2, 0) is 0 Å². The molecule has 0 aliphatic heterocycles. The second-order valence-corrected chi connectivity index (χ2v) is 4.87. The molecule has 0 atom stereocenters. The first-order chi connectivity index (χ1) is 7.58. The van der Waals surface area contributed by atoms with Crippen LogP contribution < -0.4 is 5.32 Å². The van der Waals surface area contributed by atoms with Crippen molar-refractivity contribution in [2.24, 2.45) is 0 Å². The van der Waals surface area contributed by atoms with E-state index in [0.717, 1.165) is 35.8 Å². The highest BCUT2D eigenvalue weighted by Gasteiger charge is 1.98. The van der Waals surface area contributed by atoms with Gasteiger partial charge in [0.1, 0.15) is 16.2 Å². The standard InChI is InChI=1S/C11H19BrN4/c1-9-14-10(12)8-11(15-9)13-6-4-5-7-16(2)3/h8H,4-7H2,1-3H3,(H,13,14,15). The van der Waals surface area contributed by atoms with E-state index in [0.29, 0.717) is 0 Å². The molecule has 0 spiro atoms. The van der Waals surface area contributed by atoms with Gasteiger partial charge in [-0.15, -0.1) is 0 Å². The zero-order chi connectivity index (χ0) is 12.0. The molecule has 0 aromatic carbocycles. The molecule has 4 nitrogen and oxygen atoms in total. The molecule has 90 valence electrons. The van der Waals surface area contributed by atoms with Crippen molar-refractivity contribution in [3.05, 3.63) is 16.5 Å². The average molecular weight is 287 g/mol. The van der Waals surface area contributed by atoms with Crippen LogP contribution in [-0.4, -0.2) is 42.1 Å². The molecular weight excluding hydrogens is 268 g/mol. The predicted molar refractivity (Wildman–Crippen MR) is 70.7 cm³/mol. The fourth-order valence-corrected chi connectivity index (χ4v) is 1.86. The minimum Gasteiger partial charge on any atom is -0.370 e. The molecule has 1 aromatic rings. The quantitative estimate of drug-likeness (QED) is 0.644. The number of rotatable bonds is 6. The fourth-order valence-electron chi connectivity index (χ4n) is 1.39. The lowest BCUT2D eigenvalue weighted by molar-refractivity contribution is 0.396. The maximum atomic E-state index is 4.30. The van der Waals surface area contributed by atoms with Gasteiger partial charge in [0.2, 0.25) is 0 Å². The highest BCUT2D eigenvalue weighted by molar-refractivity contribution is 9.10. The van der Waals surface area contributed by atoms with Crippen LogP contribution in [0.1, 0.15) is 18.7 Å². The van der Waals surface area contributed by atoms with E-state index in [9.17, 15) is 0 Å². The Labute approximate surface area is 106 Å². The van der Waals surface area contributed by atoms with Crippen molar-refractivity contribution < 1.29 is 0 Å². The first-order valence-electron chi connectivity index (χ1n) is 5.47. The third-order valence-electron chi connectivity index (χ3n) is 2.14. The van der Waals surface area contributed by atoms with Crippen LogP contribution in [0.2, 0.25) is 0 Å². The zero-order valence-electron chi connectivity index (χ0n) is 10.1. The van der Waals surface area contributed by atoms with Crippen molar-refractivity contribution in [1.82, 2.24) is 14.9 Å². The number of hydrogen-bond donors (Lipinski definition) is 1. The second-order valence-electron chi connectivity index (χ2n) is 4.06. The van der Waals surface area contributed by atoms with Crippen molar-refractivity contribution in [3.8, 4) is 0 Å². The zero-order valence-corrected chi connectivity index (χ0v) is 11.7. The minimum absolute atomic E-state index is 0.783. The van der Waals surface area contributed by atoms with E-state index in [2.05, 4.69) is 50.2 Å². The smallest absolute Gasteiger partial charge is 0.130 e. The van der Waals surface area contributed by atoms with Gasteiger partial charge in [-0.05, 0) is 56.3 Å². The summed E-state index contributed by atoms with van der Waals surface area (Å²) in [5.74, 6) is 1.68. The van der Waals surface area contributed by atoms with Gasteiger partial charge in [0, 0.05) is 12.6 Å². The van der Waals surface area contributed by atoms with E-state index >= 15 is 0 Å². The van der Waals surface area contributed by atoms with Gasteiger partial charge in [-0.25, -0.2) is 9.97 Å². The number of hydrogen-bond acceptors (Lipinski definition) is 4. The molecule has 1 aromatic heterocycles. The van der Waals surface area contributed by atoms with Gasteiger partial charge in [0.05, 0.1) is 0 Å². The highest BCUT2D eigenvalue weighted by Crippen LogP contribution is 2.11. The molecule has 1 N–H and O–H groups in total. The fraction of sp³-hybridized carbons (Fsp3) is 0.636. The van der Waals surface area contributed by atoms with Crippen LogP contribution in [0.4, 0.5) is 5.82 Å². The molecule has 16 heavy (non-hydrogen) atoms. The molecular formula is C11H19BrN4. The van der Waals surface area contributed by atoms with E-state index in [4.69, 9.17) is 0 Å². The number of unbranched alkanes of at least 4 members (excludes halogenated alkanes) is 1. The predicted octanol–water partition coefficient (Wildman–Crippen LogP) is 2.30. The summed E-state index contributed by atoms with van der Waals surface area (Å²) in [6, 6.07) is 1.90. The van der Waals surface area contributed by atoms with E-state index in [1.807, 2.05) is 13.0 Å². The van der Waals surface area contributed by atoms with Crippen LogP contribution in [0.25, 0.3) is 0 Å². The molecule has 0 aliphatic carbocycles. The Morgan fingerprint density at radius 2 is 2.06 bits per heavy atom. The molecule has 0 saturated carbocycles. The summed E-state index contributed by atoms with van der Waals surface area (Å²) in [7, 11) is 4.19. The van der Waals surface area contributed by atoms with Crippen LogP contribution in [0.3, 0.4) is 0 Å². The molecule has 1 rings (SSSR count). The molecule has 0 aliphatic rings. The number of nitrogens with one attached hydrogen (secondary N) is 1. The summed E-state index contributed by atoms with van der Waals surface area (Å²) in [4.78, 5) is 10.7. The Hall–Kier alpha value is -0.680. The third-order valence-corrected chi connectivity index (χ3v) is 2.55. The lowest BCUT2D eigenvalue weighted by atomic mass is 10.3. The summed E-state index contributed by atoms with van der Waals surface area (Å²) < 4.78 is 0.829. The summed E-state index contributed by atoms with van der Waals surface area (Å²) in [6.07, 6.45) is 2.35. The maximum Gasteiger partial charge on any atom is 0.130 e. The Morgan fingerprint density at radius 3 is 2.69 bits per heavy atom.